The van der Waals surface area contributed by atoms with Gasteiger partial charge < -0.3 is 5.32 Å². The average Bonchev–Trinajstić information content (AvgIpc) is 2.67. The molecule has 1 N–H and O–H groups in total. The number of rotatable bonds is 3. The molecule has 0 saturated carbocycles. The Hall–Kier alpha value is -1.35. The number of thiazole rings is 1. The lowest BCUT2D eigenvalue weighted by atomic mass is 10.3. The fourth-order valence-corrected chi connectivity index (χ4v) is 1.95. The lowest BCUT2D eigenvalue weighted by Gasteiger charge is -2.00. The van der Waals surface area contributed by atoms with Gasteiger partial charge in [0.15, 0.2) is 5.13 Å². The highest BCUT2D eigenvalue weighted by atomic mass is 32.1. The highest BCUT2D eigenvalue weighted by molar-refractivity contribution is 7.15. The van der Waals surface area contributed by atoms with E-state index in [0.29, 0.717) is 0 Å². The lowest BCUT2D eigenvalue weighted by molar-refractivity contribution is 1.17. The van der Waals surface area contributed by atoms with Gasteiger partial charge in [0, 0.05) is 16.8 Å². The van der Waals surface area contributed by atoms with Gasteiger partial charge in [0.25, 0.3) is 0 Å². The van der Waals surface area contributed by atoms with Crippen molar-refractivity contribution in [3.8, 4) is 0 Å². The van der Waals surface area contributed by atoms with Crippen LogP contribution in [0.4, 0.5) is 10.8 Å². The summed E-state index contributed by atoms with van der Waals surface area (Å²) in [4.78, 5) is 5.60. The summed E-state index contributed by atoms with van der Waals surface area (Å²) >= 11 is 1.71. The standard InChI is InChI=1S/C11H12N2S/c1-2-10-8-12-11(14-10)13-9-6-4-3-5-7-9/h3-8H,2H2,1H3,(H,12,13). The number of nitrogens with zero attached hydrogens (tertiary/aromatic N) is 1. The fourth-order valence-electron chi connectivity index (χ4n) is 1.17. The van der Waals surface area contributed by atoms with E-state index in [9.17, 15) is 0 Å². The van der Waals surface area contributed by atoms with Crippen LogP contribution in [0.2, 0.25) is 0 Å². The Morgan fingerprint density at radius 3 is 2.71 bits per heavy atom. The SMILES string of the molecule is CCc1cnc(Nc2ccccc2)s1. The van der Waals surface area contributed by atoms with Gasteiger partial charge in [-0.1, -0.05) is 25.1 Å². The lowest BCUT2D eigenvalue weighted by Crippen LogP contribution is -1.87. The number of hydrogen-bond donors (Lipinski definition) is 1. The van der Waals surface area contributed by atoms with Gasteiger partial charge in [0.05, 0.1) is 0 Å². The molecule has 72 valence electrons. The maximum Gasteiger partial charge on any atom is 0.187 e. The number of para-hydroxylation sites is 1. The van der Waals surface area contributed by atoms with E-state index in [-0.39, 0.29) is 0 Å². The predicted octanol–water partition coefficient (Wildman–Crippen LogP) is 3.45. The third-order valence-electron chi connectivity index (χ3n) is 1.93. The summed E-state index contributed by atoms with van der Waals surface area (Å²) in [5.74, 6) is 0. The molecule has 2 nitrogen and oxygen atoms in total. The molecule has 2 rings (SSSR count). The van der Waals surface area contributed by atoms with Crippen molar-refractivity contribution < 1.29 is 0 Å². The van der Waals surface area contributed by atoms with E-state index in [2.05, 4.69) is 17.2 Å². The normalized spacial score (nSPS) is 10.1. The molecule has 0 radical (unpaired) electrons. The Morgan fingerprint density at radius 2 is 2.07 bits per heavy atom. The first kappa shape index (κ1) is 9.21. The second kappa shape index (κ2) is 4.24. The van der Waals surface area contributed by atoms with Gasteiger partial charge in [-0.3, -0.25) is 0 Å². The van der Waals surface area contributed by atoms with Crippen LogP contribution in [0.1, 0.15) is 11.8 Å². The van der Waals surface area contributed by atoms with Crippen molar-refractivity contribution in [3.63, 3.8) is 0 Å². The van der Waals surface area contributed by atoms with E-state index in [1.54, 1.807) is 11.3 Å². The molecular weight excluding hydrogens is 192 g/mol. The topological polar surface area (TPSA) is 24.9 Å². The molecule has 0 aliphatic rings. The minimum atomic E-state index is 0.966. The van der Waals surface area contributed by atoms with E-state index in [1.165, 1.54) is 4.88 Å². The average molecular weight is 204 g/mol. The monoisotopic (exact) mass is 204 g/mol. The number of hydrogen-bond acceptors (Lipinski definition) is 3. The number of benzene rings is 1. The van der Waals surface area contributed by atoms with Crippen molar-refractivity contribution in [3.05, 3.63) is 41.4 Å². The van der Waals surface area contributed by atoms with Gasteiger partial charge in [-0.05, 0) is 18.6 Å². The summed E-state index contributed by atoms with van der Waals surface area (Å²) in [6.45, 7) is 2.14. The van der Waals surface area contributed by atoms with Crippen LogP contribution in [-0.4, -0.2) is 4.98 Å². The van der Waals surface area contributed by atoms with Crippen molar-refractivity contribution in [2.45, 2.75) is 13.3 Å². The maximum absolute atomic E-state index is 4.29. The first-order valence-electron chi connectivity index (χ1n) is 4.65. The highest BCUT2D eigenvalue weighted by Gasteiger charge is 1.99. The van der Waals surface area contributed by atoms with Crippen LogP contribution in [0.25, 0.3) is 0 Å². The van der Waals surface area contributed by atoms with Crippen molar-refractivity contribution in [2.24, 2.45) is 0 Å². The highest BCUT2D eigenvalue weighted by Crippen LogP contribution is 2.22. The molecule has 14 heavy (non-hydrogen) atoms. The summed E-state index contributed by atoms with van der Waals surface area (Å²) in [6.07, 6.45) is 2.98. The van der Waals surface area contributed by atoms with Gasteiger partial charge in [-0.2, -0.15) is 0 Å². The van der Waals surface area contributed by atoms with E-state index in [1.807, 2.05) is 36.5 Å². The first-order chi connectivity index (χ1) is 6.88. The van der Waals surface area contributed by atoms with Gasteiger partial charge in [-0.25, -0.2) is 4.98 Å². The minimum absolute atomic E-state index is 0.966. The maximum atomic E-state index is 4.29. The number of anilines is 2. The molecule has 2 aromatic rings. The van der Waals surface area contributed by atoms with Crippen molar-refractivity contribution in [2.75, 3.05) is 5.32 Å². The number of aryl methyl sites for hydroxylation is 1. The summed E-state index contributed by atoms with van der Waals surface area (Å²) in [6, 6.07) is 10.1. The van der Waals surface area contributed by atoms with E-state index >= 15 is 0 Å². The van der Waals surface area contributed by atoms with Crippen molar-refractivity contribution >= 4 is 22.2 Å². The summed E-state index contributed by atoms with van der Waals surface area (Å²) in [5, 5.41) is 4.23. The molecule has 0 unspecified atom stereocenters. The zero-order valence-corrected chi connectivity index (χ0v) is 8.84. The molecule has 0 amide bonds. The predicted molar refractivity (Wildman–Crippen MR) is 61.2 cm³/mol. The van der Waals surface area contributed by atoms with Crippen LogP contribution in [0.15, 0.2) is 36.5 Å². The van der Waals surface area contributed by atoms with Crippen molar-refractivity contribution in [1.29, 1.82) is 0 Å². The molecule has 1 heterocycles. The summed E-state index contributed by atoms with van der Waals surface area (Å²) in [5.41, 5.74) is 1.09. The first-order valence-corrected chi connectivity index (χ1v) is 5.47. The molecule has 0 bridgehead atoms. The Morgan fingerprint density at radius 1 is 1.29 bits per heavy atom. The molecule has 1 aromatic carbocycles. The zero-order valence-electron chi connectivity index (χ0n) is 8.03. The van der Waals surface area contributed by atoms with Crippen LogP contribution in [0.5, 0.6) is 0 Å². The fraction of sp³-hybridized carbons (Fsp3) is 0.182. The van der Waals surface area contributed by atoms with Gasteiger partial charge in [0.1, 0.15) is 0 Å². The molecule has 0 aliphatic heterocycles. The van der Waals surface area contributed by atoms with Gasteiger partial charge >= 0.3 is 0 Å². The third-order valence-corrected chi connectivity index (χ3v) is 2.98. The zero-order chi connectivity index (χ0) is 9.80. The molecule has 0 spiro atoms. The van der Waals surface area contributed by atoms with Crippen LogP contribution < -0.4 is 5.32 Å². The summed E-state index contributed by atoms with van der Waals surface area (Å²) < 4.78 is 0. The van der Waals surface area contributed by atoms with Gasteiger partial charge in [0.2, 0.25) is 0 Å². The van der Waals surface area contributed by atoms with E-state index in [0.717, 1.165) is 17.2 Å². The molecule has 3 heteroatoms. The Bertz CT molecular complexity index is 395. The Kier molecular flexibility index (Phi) is 2.79. The second-order valence-electron chi connectivity index (χ2n) is 2.98. The van der Waals surface area contributed by atoms with Crippen LogP contribution in [0, 0.1) is 0 Å². The largest absolute Gasteiger partial charge is 0.332 e. The second-order valence-corrected chi connectivity index (χ2v) is 4.09. The molecule has 0 atom stereocenters. The van der Waals surface area contributed by atoms with Crippen LogP contribution >= 0.6 is 11.3 Å². The van der Waals surface area contributed by atoms with Gasteiger partial charge in [-0.15, -0.1) is 11.3 Å². The molecule has 0 aliphatic carbocycles. The van der Waals surface area contributed by atoms with Crippen LogP contribution in [0.3, 0.4) is 0 Å². The quantitative estimate of drug-likeness (QED) is 0.828. The minimum Gasteiger partial charge on any atom is -0.332 e. The Labute approximate surface area is 87.6 Å². The third kappa shape index (κ3) is 2.12. The van der Waals surface area contributed by atoms with E-state index in [4.69, 9.17) is 0 Å². The van der Waals surface area contributed by atoms with Crippen molar-refractivity contribution in [1.82, 2.24) is 4.98 Å². The molecular formula is C11H12N2S. The number of aromatic nitrogens is 1. The number of nitrogens with one attached hydrogen (secondary N) is 1. The molecule has 0 fully saturated rings. The summed E-state index contributed by atoms with van der Waals surface area (Å²) in [7, 11) is 0. The Balaban J connectivity index is 2.11. The van der Waals surface area contributed by atoms with Crippen LogP contribution in [-0.2, 0) is 6.42 Å². The molecule has 1 aromatic heterocycles. The smallest absolute Gasteiger partial charge is 0.187 e. The molecule has 0 saturated heterocycles. The van der Waals surface area contributed by atoms with E-state index < -0.39 is 0 Å².